The summed E-state index contributed by atoms with van der Waals surface area (Å²) in [5.41, 5.74) is 0.769. The van der Waals surface area contributed by atoms with Crippen molar-refractivity contribution in [2.45, 2.75) is 106 Å². The van der Waals surface area contributed by atoms with Crippen LogP contribution < -0.4 is 0 Å². The Morgan fingerprint density at radius 3 is 1.20 bits per heavy atom. The molecule has 0 aliphatic heterocycles. The molecule has 0 saturated heterocycles. The molecule has 0 aromatic rings. The van der Waals surface area contributed by atoms with Gasteiger partial charge in [0.1, 0.15) is 0 Å². The van der Waals surface area contributed by atoms with E-state index in [2.05, 4.69) is 41.5 Å². The molecule has 2 N–H and O–H groups in total. The van der Waals surface area contributed by atoms with Crippen molar-refractivity contribution < 1.29 is 36.9 Å². The second-order valence-electron chi connectivity index (χ2n) is 9.03. The van der Waals surface area contributed by atoms with Gasteiger partial charge in [0.2, 0.25) is 0 Å². The maximum atomic E-state index is 10.2. The molecule has 0 atom stereocenters. The number of carboxylic acid groups (broad SMARTS) is 2. The van der Waals surface area contributed by atoms with Gasteiger partial charge in [-0.15, -0.1) is 0 Å². The number of carbonyl (C=O) groups is 2. The van der Waals surface area contributed by atoms with Crippen molar-refractivity contribution in [3.63, 3.8) is 0 Å². The van der Waals surface area contributed by atoms with E-state index in [1.54, 1.807) is 0 Å². The largest absolute Gasteiger partial charge is 0.481 e. The van der Waals surface area contributed by atoms with Crippen molar-refractivity contribution in [1.82, 2.24) is 0 Å². The van der Waals surface area contributed by atoms with E-state index in [0.717, 1.165) is 32.1 Å². The summed E-state index contributed by atoms with van der Waals surface area (Å²) in [5.74, 6) is -1.35. The third kappa shape index (κ3) is 35.4. The monoisotopic (exact) mass is 407 g/mol. The van der Waals surface area contributed by atoms with E-state index >= 15 is 0 Å². The van der Waals surface area contributed by atoms with Crippen LogP contribution in [0.1, 0.15) is 106 Å². The van der Waals surface area contributed by atoms with Gasteiger partial charge in [0.15, 0.2) is 0 Å². The van der Waals surface area contributed by atoms with Gasteiger partial charge in [-0.3, -0.25) is 9.59 Å². The molecule has 0 bridgehead atoms. The maximum Gasteiger partial charge on any atom is 0.303 e. The van der Waals surface area contributed by atoms with Gasteiger partial charge < -0.3 is 10.2 Å². The van der Waals surface area contributed by atoms with Crippen molar-refractivity contribution in [1.29, 1.82) is 0 Å². The van der Waals surface area contributed by atoms with Gasteiger partial charge in [0, 0.05) is 29.9 Å². The van der Waals surface area contributed by atoms with Crippen LogP contribution in [0.3, 0.4) is 0 Å². The first kappa shape index (κ1) is 29.2. The van der Waals surface area contributed by atoms with Crippen LogP contribution in [0.15, 0.2) is 0 Å². The minimum absolute atomic E-state index is 0. The Balaban J connectivity index is -0.000000377. The van der Waals surface area contributed by atoms with Crippen LogP contribution in [0.25, 0.3) is 0 Å². The average Bonchev–Trinajstić information content (AvgIpc) is 2.37. The summed E-state index contributed by atoms with van der Waals surface area (Å²) < 4.78 is 0. The number of hydrogen-bond acceptors (Lipinski definition) is 2. The smallest absolute Gasteiger partial charge is 0.303 e. The van der Waals surface area contributed by atoms with E-state index in [0.29, 0.717) is 23.7 Å². The summed E-state index contributed by atoms with van der Waals surface area (Å²) in [6, 6.07) is 0. The molecule has 155 valence electrons. The van der Waals surface area contributed by atoms with Crippen LogP contribution >= 0.6 is 0 Å². The summed E-state index contributed by atoms with van der Waals surface area (Å²) in [6.45, 7) is 13.2. The van der Waals surface area contributed by atoms with E-state index in [4.69, 9.17) is 10.2 Å². The quantitative estimate of drug-likeness (QED) is 0.337. The predicted octanol–water partition coefficient (Wildman–Crippen LogP) is 6.13. The van der Waals surface area contributed by atoms with Crippen LogP contribution in [0, 0.1) is 10.8 Å². The fourth-order valence-electron chi connectivity index (χ4n) is 2.22. The first-order valence-electron chi connectivity index (χ1n) is 9.27. The maximum absolute atomic E-state index is 10.2. The normalized spacial score (nSPS) is 11.1. The van der Waals surface area contributed by atoms with Crippen molar-refractivity contribution in [2.75, 3.05) is 0 Å². The number of hydrogen-bond donors (Lipinski definition) is 2. The zero-order chi connectivity index (χ0) is 19.2. The summed E-state index contributed by atoms with van der Waals surface area (Å²) in [4.78, 5) is 20.3. The Hall–Kier alpha value is -0.541. The van der Waals surface area contributed by atoms with Gasteiger partial charge in [-0.25, -0.2) is 0 Å². The molecular formula is C20H40CuO4. The molecular weight excluding hydrogens is 368 g/mol. The third-order valence-electron chi connectivity index (χ3n) is 3.63. The Bertz CT molecular complexity index is 341. The first-order chi connectivity index (χ1) is 10.8. The summed E-state index contributed by atoms with van der Waals surface area (Å²) in [6.07, 6.45) is 9.11. The Kier molecular flexibility index (Phi) is 18.4. The fraction of sp³-hybridized carbons (Fsp3) is 0.900. The van der Waals surface area contributed by atoms with Crippen molar-refractivity contribution in [3.8, 4) is 0 Å². The molecule has 0 aromatic carbocycles. The topological polar surface area (TPSA) is 74.6 Å². The predicted molar refractivity (Wildman–Crippen MR) is 100 cm³/mol. The van der Waals surface area contributed by atoms with Gasteiger partial charge in [0.25, 0.3) is 0 Å². The van der Waals surface area contributed by atoms with Crippen molar-refractivity contribution >= 4 is 11.9 Å². The van der Waals surface area contributed by atoms with E-state index in [1.165, 1.54) is 19.3 Å². The van der Waals surface area contributed by atoms with Crippen LogP contribution in [-0.4, -0.2) is 22.2 Å². The molecule has 0 unspecified atom stereocenters. The van der Waals surface area contributed by atoms with E-state index in [9.17, 15) is 9.59 Å². The molecule has 0 aliphatic rings. The second kappa shape index (κ2) is 15.7. The Labute approximate surface area is 165 Å². The molecule has 25 heavy (non-hydrogen) atoms. The van der Waals surface area contributed by atoms with Crippen molar-refractivity contribution in [2.24, 2.45) is 10.8 Å². The molecule has 0 spiro atoms. The van der Waals surface area contributed by atoms with Crippen LogP contribution in [0.2, 0.25) is 0 Å². The molecule has 0 fully saturated rings. The molecule has 0 rings (SSSR count). The number of unbranched alkanes of at least 4 members (excludes halogenated alkanes) is 4. The first-order valence-corrected chi connectivity index (χ1v) is 9.27. The molecule has 1 radical (unpaired) electrons. The molecule has 0 aromatic heterocycles. The van der Waals surface area contributed by atoms with Crippen LogP contribution in [-0.2, 0) is 26.7 Å². The fourth-order valence-corrected chi connectivity index (χ4v) is 2.22. The van der Waals surface area contributed by atoms with Crippen molar-refractivity contribution in [3.05, 3.63) is 0 Å². The molecule has 0 saturated carbocycles. The van der Waals surface area contributed by atoms with E-state index < -0.39 is 11.9 Å². The number of carboxylic acids is 2. The summed E-state index contributed by atoms with van der Waals surface area (Å²) >= 11 is 0. The zero-order valence-corrected chi connectivity index (χ0v) is 18.0. The van der Waals surface area contributed by atoms with Gasteiger partial charge in [-0.2, -0.15) is 0 Å². The number of aliphatic carboxylic acids is 2. The van der Waals surface area contributed by atoms with Gasteiger partial charge >= 0.3 is 11.9 Å². The van der Waals surface area contributed by atoms with E-state index in [-0.39, 0.29) is 17.1 Å². The summed E-state index contributed by atoms with van der Waals surface area (Å²) in [7, 11) is 0. The molecule has 0 aliphatic carbocycles. The Morgan fingerprint density at radius 1 is 0.600 bits per heavy atom. The van der Waals surface area contributed by atoms with Crippen LogP contribution in [0.5, 0.6) is 0 Å². The summed E-state index contributed by atoms with van der Waals surface area (Å²) in [5, 5.41) is 16.7. The van der Waals surface area contributed by atoms with Crippen LogP contribution in [0.4, 0.5) is 0 Å². The van der Waals surface area contributed by atoms with Gasteiger partial charge in [0.05, 0.1) is 0 Å². The number of rotatable bonds is 10. The molecule has 0 amide bonds. The van der Waals surface area contributed by atoms with E-state index in [1.807, 2.05) is 0 Å². The molecule has 5 heteroatoms. The second-order valence-corrected chi connectivity index (χ2v) is 9.03. The minimum atomic E-state index is -0.682. The Morgan fingerprint density at radius 2 is 0.880 bits per heavy atom. The molecule has 0 heterocycles. The third-order valence-corrected chi connectivity index (χ3v) is 3.63. The SMILES string of the molecule is CC(C)(C)CCCCC(=O)O.CC(C)(C)CCCCCCC(=O)O.[Cu]. The molecule has 4 nitrogen and oxygen atoms in total. The standard InChI is InChI=1S/C11H22O2.C9H18O2.Cu/c1-11(2,3)9-7-5-4-6-8-10(12)13;1-9(2,3)7-5-4-6-8(10)11;/h4-9H2,1-3H3,(H,12,13);4-7H2,1-3H3,(H,10,11);. The van der Waals surface area contributed by atoms with Gasteiger partial charge in [-0.05, 0) is 36.5 Å². The average molecular weight is 408 g/mol. The van der Waals surface area contributed by atoms with Gasteiger partial charge in [-0.1, -0.05) is 67.2 Å². The minimum Gasteiger partial charge on any atom is -0.481 e. The zero-order valence-electron chi connectivity index (χ0n) is 17.1.